The summed E-state index contributed by atoms with van der Waals surface area (Å²) in [6.07, 6.45) is 5.41. The fourth-order valence-electron chi connectivity index (χ4n) is 2.51. The van der Waals surface area contributed by atoms with E-state index in [1.165, 1.54) is 11.3 Å². The number of aliphatic imine (C=N–C) groups is 1. The Morgan fingerprint density at radius 1 is 1.32 bits per heavy atom. The molecule has 0 saturated heterocycles. The number of rotatable bonds is 10. The number of ether oxygens (including phenoxy) is 1. The molecule has 154 valence electrons. The Kier molecular flexibility index (Phi) is 8.86. The molecule has 0 aromatic carbocycles. The SMILES string of the molecule is CCNC(=NCCCCn1cnnc1)NC(C)c1nc(C)c(C(=O)OCC)s1. The van der Waals surface area contributed by atoms with Gasteiger partial charge in [-0.15, -0.1) is 21.5 Å². The Hall–Kier alpha value is -2.49. The summed E-state index contributed by atoms with van der Waals surface area (Å²) < 4.78 is 7.05. The van der Waals surface area contributed by atoms with Gasteiger partial charge in [0.15, 0.2) is 5.96 Å². The summed E-state index contributed by atoms with van der Waals surface area (Å²) in [5, 5.41) is 15.0. The summed E-state index contributed by atoms with van der Waals surface area (Å²) in [5.41, 5.74) is 0.697. The zero-order valence-corrected chi connectivity index (χ0v) is 17.8. The van der Waals surface area contributed by atoms with Crippen LogP contribution in [0.4, 0.5) is 0 Å². The van der Waals surface area contributed by atoms with Crippen molar-refractivity contribution < 1.29 is 9.53 Å². The van der Waals surface area contributed by atoms with Crippen LogP contribution in [0, 0.1) is 6.92 Å². The highest BCUT2D eigenvalue weighted by Gasteiger charge is 2.20. The molecule has 0 spiro atoms. The molecule has 2 heterocycles. The third kappa shape index (κ3) is 6.59. The Labute approximate surface area is 169 Å². The van der Waals surface area contributed by atoms with Gasteiger partial charge in [0.05, 0.1) is 18.3 Å². The first-order chi connectivity index (χ1) is 13.5. The summed E-state index contributed by atoms with van der Waals surface area (Å²) in [6.45, 7) is 10.4. The van der Waals surface area contributed by atoms with E-state index in [0.717, 1.165) is 43.4 Å². The third-order valence-electron chi connectivity index (χ3n) is 3.90. The highest BCUT2D eigenvalue weighted by Crippen LogP contribution is 2.24. The minimum absolute atomic E-state index is 0.0679. The van der Waals surface area contributed by atoms with E-state index < -0.39 is 0 Å². The Morgan fingerprint density at radius 3 is 2.75 bits per heavy atom. The van der Waals surface area contributed by atoms with Crippen LogP contribution in [0.1, 0.15) is 60.0 Å². The van der Waals surface area contributed by atoms with Crippen LogP contribution in [-0.4, -0.2) is 51.4 Å². The van der Waals surface area contributed by atoms with Gasteiger partial charge in [-0.1, -0.05) is 0 Å². The number of nitrogens with one attached hydrogen (secondary N) is 2. The number of carbonyl (C=O) groups excluding carboxylic acids is 1. The Balaban J connectivity index is 1.89. The number of hydrogen-bond donors (Lipinski definition) is 2. The molecular weight excluding hydrogens is 378 g/mol. The topological polar surface area (TPSA) is 106 Å². The van der Waals surface area contributed by atoms with E-state index in [9.17, 15) is 4.79 Å². The largest absolute Gasteiger partial charge is 0.462 e. The van der Waals surface area contributed by atoms with Gasteiger partial charge in [0.25, 0.3) is 0 Å². The molecule has 2 aromatic rings. The van der Waals surface area contributed by atoms with E-state index in [1.54, 1.807) is 19.6 Å². The van der Waals surface area contributed by atoms with Crippen molar-refractivity contribution in [2.75, 3.05) is 19.7 Å². The quantitative estimate of drug-likeness (QED) is 0.269. The second kappa shape index (κ2) is 11.4. The molecule has 2 N–H and O–H groups in total. The van der Waals surface area contributed by atoms with Crippen molar-refractivity contribution >= 4 is 23.3 Å². The van der Waals surface area contributed by atoms with Crippen molar-refractivity contribution in [3.8, 4) is 0 Å². The van der Waals surface area contributed by atoms with Gasteiger partial charge >= 0.3 is 5.97 Å². The highest BCUT2D eigenvalue weighted by atomic mass is 32.1. The number of esters is 1. The maximum atomic E-state index is 12.0. The Bertz CT molecular complexity index is 758. The monoisotopic (exact) mass is 407 g/mol. The van der Waals surface area contributed by atoms with E-state index >= 15 is 0 Å². The fourth-order valence-corrected chi connectivity index (χ4v) is 3.47. The molecule has 0 aliphatic heterocycles. The van der Waals surface area contributed by atoms with Crippen LogP contribution in [0.2, 0.25) is 0 Å². The van der Waals surface area contributed by atoms with Crippen LogP contribution in [0.15, 0.2) is 17.6 Å². The lowest BCUT2D eigenvalue weighted by molar-refractivity contribution is 0.0531. The minimum atomic E-state index is -0.315. The van der Waals surface area contributed by atoms with Gasteiger partial charge in [-0.2, -0.15) is 0 Å². The van der Waals surface area contributed by atoms with E-state index in [2.05, 4.69) is 30.8 Å². The zero-order valence-electron chi connectivity index (χ0n) is 16.9. The molecular formula is C18H29N7O2S. The molecule has 0 amide bonds. The molecule has 28 heavy (non-hydrogen) atoms. The van der Waals surface area contributed by atoms with Gasteiger partial charge in [0.1, 0.15) is 22.5 Å². The van der Waals surface area contributed by atoms with Crippen molar-refractivity contribution in [3.05, 3.63) is 28.2 Å². The normalized spacial score (nSPS) is 12.6. The highest BCUT2D eigenvalue weighted by molar-refractivity contribution is 7.13. The second-order valence-corrected chi connectivity index (χ2v) is 7.25. The first-order valence-electron chi connectivity index (χ1n) is 9.56. The first kappa shape index (κ1) is 21.8. The van der Waals surface area contributed by atoms with Crippen molar-refractivity contribution in [2.45, 2.75) is 53.1 Å². The third-order valence-corrected chi connectivity index (χ3v) is 5.22. The van der Waals surface area contributed by atoms with Gasteiger partial charge < -0.3 is 19.9 Å². The van der Waals surface area contributed by atoms with E-state index in [4.69, 9.17) is 4.74 Å². The van der Waals surface area contributed by atoms with E-state index in [0.29, 0.717) is 17.2 Å². The van der Waals surface area contributed by atoms with Gasteiger partial charge in [-0.05, 0) is 40.5 Å². The van der Waals surface area contributed by atoms with E-state index in [1.807, 2.05) is 25.3 Å². The molecule has 2 rings (SSSR count). The van der Waals surface area contributed by atoms with Crippen LogP contribution in [-0.2, 0) is 11.3 Å². The van der Waals surface area contributed by atoms with Crippen LogP contribution >= 0.6 is 11.3 Å². The maximum absolute atomic E-state index is 12.0. The number of hydrogen-bond acceptors (Lipinski definition) is 7. The van der Waals surface area contributed by atoms with Gasteiger partial charge in [-0.3, -0.25) is 4.99 Å². The molecule has 2 aromatic heterocycles. The van der Waals surface area contributed by atoms with Crippen molar-refractivity contribution in [3.63, 3.8) is 0 Å². The Morgan fingerprint density at radius 2 is 2.07 bits per heavy atom. The molecule has 0 saturated carbocycles. The first-order valence-corrected chi connectivity index (χ1v) is 10.4. The van der Waals surface area contributed by atoms with Gasteiger partial charge in [0, 0.05) is 19.6 Å². The molecule has 0 fully saturated rings. The molecule has 0 bridgehead atoms. The average Bonchev–Trinajstić information content (AvgIpc) is 3.31. The molecule has 0 radical (unpaired) electrons. The number of thiazole rings is 1. The predicted octanol–water partition coefficient (Wildman–Crippen LogP) is 2.32. The summed E-state index contributed by atoms with van der Waals surface area (Å²) in [4.78, 5) is 21.7. The summed E-state index contributed by atoms with van der Waals surface area (Å²) in [6, 6.07) is -0.0679. The number of nitrogens with zero attached hydrogens (tertiary/aromatic N) is 5. The van der Waals surface area contributed by atoms with Crippen molar-refractivity contribution in [1.29, 1.82) is 0 Å². The zero-order chi connectivity index (χ0) is 20.4. The van der Waals surface area contributed by atoms with Gasteiger partial charge in [-0.25, -0.2) is 9.78 Å². The lowest BCUT2D eigenvalue weighted by atomic mass is 10.3. The number of aromatic nitrogens is 4. The molecule has 1 unspecified atom stereocenters. The molecule has 10 heteroatoms. The summed E-state index contributed by atoms with van der Waals surface area (Å²) in [5.74, 6) is 0.425. The molecule has 1 atom stereocenters. The molecule has 9 nitrogen and oxygen atoms in total. The van der Waals surface area contributed by atoms with Crippen LogP contribution < -0.4 is 10.6 Å². The molecule has 0 aliphatic carbocycles. The molecule has 0 aliphatic rings. The smallest absolute Gasteiger partial charge is 0.350 e. The lowest BCUT2D eigenvalue weighted by Crippen LogP contribution is -2.38. The average molecular weight is 408 g/mol. The van der Waals surface area contributed by atoms with E-state index in [-0.39, 0.29) is 12.0 Å². The maximum Gasteiger partial charge on any atom is 0.350 e. The fraction of sp³-hybridized carbons (Fsp3) is 0.611. The number of aryl methyl sites for hydroxylation is 2. The second-order valence-electron chi connectivity index (χ2n) is 6.22. The van der Waals surface area contributed by atoms with Crippen LogP contribution in [0.5, 0.6) is 0 Å². The lowest BCUT2D eigenvalue weighted by Gasteiger charge is -2.16. The van der Waals surface area contributed by atoms with Crippen molar-refractivity contribution in [2.24, 2.45) is 4.99 Å². The van der Waals surface area contributed by atoms with Gasteiger partial charge in [0.2, 0.25) is 0 Å². The minimum Gasteiger partial charge on any atom is -0.462 e. The standard InChI is InChI=1S/C18H29N7O2S/c1-5-19-18(20-9-7-8-10-25-11-21-22-12-25)24-14(4)16-23-13(3)15(28-16)17(26)27-6-2/h11-12,14H,5-10H2,1-4H3,(H2,19,20,24). The predicted molar refractivity (Wildman–Crippen MR) is 110 cm³/mol. The van der Waals surface area contributed by atoms with Crippen molar-refractivity contribution in [1.82, 2.24) is 30.4 Å². The summed E-state index contributed by atoms with van der Waals surface area (Å²) in [7, 11) is 0. The number of unbranched alkanes of at least 4 members (excludes halogenated alkanes) is 1. The number of carbonyl (C=O) groups is 1. The summed E-state index contributed by atoms with van der Waals surface area (Å²) >= 11 is 1.36. The van der Waals surface area contributed by atoms with Crippen LogP contribution in [0.3, 0.4) is 0 Å². The van der Waals surface area contributed by atoms with Crippen LogP contribution in [0.25, 0.3) is 0 Å². The number of guanidine groups is 1.